The Labute approximate surface area is 229 Å². The minimum absolute atomic E-state index is 0.0101. The fourth-order valence-electron chi connectivity index (χ4n) is 3.59. The van der Waals surface area contributed by atoms with Crippen LogP contribution in [0.1, 0.15) is 48.8 Å². The summed E-state index contributed by atoms with van der Waals surface area (Å²) in [4.78, 5) is 51.0. The monoisotopic (exact) mass is 551 g/mol. The third kappa shape index (κ3) is 7.29. The highest BCUT2D eigenvalue weighted by molar-refractivity contribution is 8.00. The van der Waals surface area contributed by atoms with E-state index in [4.69, 9.17) is 0 Å². The molecule has 0 unspecified atom stereocenters. The maximum absolute atomic E-state index is 11.1. The molecule has 10 nitrogen and oxygen atoms in total. The lowest BCUT2D eigenvalue weighted by Crippen LogP contribution is -2.20. The zero-order valence-corrected chi connectivity index (χ0v) is 23.3. The van der Waals surface area contributed by atoms with Crippen molar-refractivity contribution in [2.75, 3.05) is 27.5 Å². The van der Waals surface area contributed by atoms with Crippen LogP contribution in [0.15, 0.2) is 40.5 Å². The maximum atomic E-state index is 11.1. The van der Waals surface area contributed by atoms with Crippen molar-refractivity contribution in [3.8, 4) is 0 Å². The Morgan fingerprint density at radius 2 is 1.55 bits per heavy atom. The maximum Gasteiger partial charge on any atom is 0.235 e. The van der Waals surface area contributed by atoms with Crippen LogP contribution in [0, 0.1) is 13.8 Å². The van der Waals surface area contributed by atoms with Crippen LogP contribution in [0.2, 0.25) is 0 Å². The Balaban J connectivity index is 0.000000133. The molecule has 0 radical (unpaired) electrons. The highest BCUT2D eigenvalue weighted by Crippen LogP contribution is 2.30. The van der Waals surface area contributed by atoms with Gasteiger partial charge in [-0.25, -0.2) is 19.9 Å². The summed E-state index contributed by atoms with van der Waals surface area (Å²) in [6, 6.07) is 5.93. The second-order valence-corrected chi connectivity index (χ2v) is 11.1. The number of thioether (sulfide) groups is 2. The van der Waals surface area contributed by atoms with Gasteiger partial charge in [0.15, 0.2) is 0 Å². The van der Waals surface area contributed by atoms with Gasteiger partial charge in [0.1, 0.15) is 22.5 Å². The second-order valence-electron chi connectivity index (χ2n) is 9.14. The van der Waals surface area contributed by atoms with Crippen LogP contribution in [0.25, 0.3) is 0 Å². The fourth-order valence-corrected chi connectivity index (χ4v) is 5.04. The van der Waals surface area contributed by atoms with Crippen LogP contribution in [-0.2, 0) is 20.8 Å². The number of carbonyl (C=O) groups excluding carboxylic acids is 3. The van der Waals surface area contributed by atoms with Gasteiger partial charge in [0.2, 0.25) is 17.7 Å². The van der Waals surface area contributed by atoms with Gasteiger partial charge in [-0.3, -0.25) is 14.4 Å². The molecule has 0 spiro atoms. The number of anilines is 3. The van der Waals surface area contributed by atoms with E-state index in [1.54, 1.807) is 6.20 Å². The first-order valence-electron chi connectivity index (χ1n) is 12.1. The summed E-state index contributed by atoms with van der Waals surface area (Å²) < 4.78 is 0. The molecule has 3 aromatic rings. The number of carbonyl (C=O) groups is 3. The molecule has 198 valence electrons. The van der Waals surface area contributed by atoms with Gasteiger partial charge in [-0.1, -0.05) is 31.7 Å². The Hall–Kier alpha value is -3.51. The molecule has 6 heterocycles. The smallest absolute Gasteiger partial charge is 0.235 e. The minimum atomic E-state index is 0.0101. The number of nitrogens with one attached hydrogen (secondary N) is 3. The molecule has 3 amide bonds. The number of nitrogens with zero attached hydrogens (tertiary/aromatic N) is 4. The Bertz CT molecular complexity index is 1310. The van der Waals surface area contributed by atoms with Crippen molar-refractivity contribution in [2.45, 2.75) is 56.4 Å². The van der Waals surface area contributed by atoms with Crippen molar-refractivity contribution in [1.29, 1.82) is 0 Å². The van der Waals surface area contributed by atoms with Gasteiger partial charge in [0.25, 0.3) is 0 Å². The Morgan fingerprint density at radius 3 is 2.34 bits per heavy atom. The first kappa shape index (κ1) is 27.5. The molecule has 3 aliphatic rings. The molecule has 0 aliphatic carbocycles. The zero-order chi connectivity index (χ0) is 27.2. The first-order chi connectivity index (χ1) is 18.2. The molecule has 0 aromatic carbocycles. The van der Waals surface area contributed by atoms with Gasteiger partial charge in [0.05, 0.1) is 22.1 Å². The van der Waals surface area contributed by atoms with Gasteiger partial charge in [-0.15, -0.1) is 11.8 Å². The van der Waals surface area contributed by atoms with E-state index in [0.29, 0.717) is 23.7 Å². The summed E-state index contributed by atoms with van der Waals surface area (Å²) in [5.41, 5.74) is 3.99. The summed E-state index contributed by atoms with van der Waals surface area (Å²) >= 11 is 2.96. The molecule has 3 aliphatic heterocycles. The van der Waals surface area contributed by atoms with E-state index in [0.717, 1.165) is 50.5 Å². The summed E-state index contributed by atoms with van der Waals surface area (Å²) in [6.45, 7) is 7.93. The van der Waals surface area contributed by atoms with E-state index in [9.17, 15) is 14.4 Å². The summed E-state index contributed by atoms with van der Waals surface area (Å²) in [7, 11) is 0. The summed E-state index contributed by atoms with van der Waals surface area (Å²) in [5.74, 6) is 3.52. The van der Waals surface area contributed by atoms with Crippen molar-refractivity contribution in [3.05, 3.63) is 53.2 Å². The summed E-state index contributed by atoms with van der Waals surface area (Å²) in [5, 5.41) is 9.19. The average molecular weight is 552 g/mol. The second kappa shape index (κ2) is 12.4. The molecular formula is C26H29N7O3S2. The van der Waals surface area contributed by atoms with Crippen LogP contribution in [0.3, 0.4) is 0 Å². The molecule has 0 bridgehead atoms. The molecule has 3 aromatic heterocycles. The molecule has 3 N–H and O–H groups in total. The van der Waals surface area contributed by atoms with Crippen LogP contribution >= 0.6 is 23.5 Å². The van der Waals surface area contributed by atoms with Crippen molar-refractivity contribution in [1.82, 2.24) is 19.9 Å². The number of fused-ring (bicyclic) bond motifs is 3. The highest BCUT2D eigenvalue weighted by atomic mass is 32.2. The average Bonchev–Trinajstić information content (AvgIpc) is 2.88. The van der Waals surface area contributed by atoms with Crippen LogP contribution < -0.4 is 16.0 Å². The molecule has 0 atom stereocenters. The number of aryl methyl sites for hydroxylation is 3. The van der Waals surface area contributed by atoms with Crippen LogP contribution in [0.5, 0.6) is 0 Å². The summed E-state index contributed by atoms with van der Waals surface area (Å²) in [6.07, 6.45) is 4.98. The van der Waals surface area contributed by atoms with E-state index >= 15 is 0 Å². The number of aromatic nitrogens is 4. The zero-order valence-electron chi connectivity index (χ0n) is 21.6. The number of rotatable bonds is 1. The Kier molecular flexibility index (Phi) is 8.95. The topological polar surface area (TPSA) is 139 Å². The number of amides is 3. The van der Waals surface area contributed by atoms with E-state index in [-0.39, 0.29) is 23.6 Å². The highest BCUT2D eigenvalue weighted by Gasteiger charge is 2.18. The van der Waals surface area contributed by atoms with Crippen molar-refractivity contribution >= 4 is 58.6 Å². The minimum Gasteiger partial charge on any atom is -0.323 e. The lowest BCUT2D eigenvalue weighted by atomic mass is 10.1. The van der Waals surface area contributed by atoms with Crippen molar-refractivity contribution < 1.29 is 14.4 Å². The fraction of sp³-hybridized carbons (Fsp3) is 0.346. The third-order valence-electron chi connectivity index (χ3n) is 5.51. The van der Waals surface area contributed by atoms with Crippen molar-refractivity contribution in [3.63, 3.8) is 0 Å². The predicted molar refractivity (Wildman–Crippen MR) is 150 cm³/mol. The van der Waals surface area contributed by atoms with Crippen LogP contribution in [0.4, 0.5) is 17.3 Å². The molecular weight excluding hydrogens is 522 g/mol. The van der Waals surface area contributed by atoms with E-state index in [2.05, 4.69) is 35.9 Å². The van der Waals surface area contributed by atoms with Gasteiger partial charge in [0, 0.05) is 30.4 Å². The molecule has 0 saturated heterocycles. The predicted octanol–water partition coefficient (Wildman–Crippen LogP) is 4.35. The Morgan fingerprint density at radius 1 is 0.816 bits per heavy atom. The standard InChI is InChI=1S/C9H11N3OS.C9H10N2O.C8H8N2OS/c1-5(2)8-10-3-6-9(12-8)11-7(13)4-14-6;1-6-2-3-7-4-5-8(12)11-9(7)10-6;1-5-2-6-8(9-3-5)12-4-7(11)10-6/h3,5H,4H2,1-2H3,(H,10,11,12,13);2-3H,4-5H2,1H3,(H,10,11,12);2-3H,4H2,1H3,(H,10,11). The number of pyridine rings is 2. The van der Waals surface area contributed by atoms with E-state index in [1.165, 1.54) is 23.5 Å². The first-order valence-corrected chi connectivity index (χ1v) is 14.1. The molecule has 12 heteroatoms. The van der Waals surface area contributed by atoms with Gasteiger partial charge in [-0.05, 0) is 43.5 Å². The van der Waals surface area contributed by atoms with Crippen LogP contribution in [-0.4, -0.2) is 49.2 Å². The van der Waals surface area contributed by atoms with Gasteiger partial charge >= 0.3 is 0 Å². The molecule has 6 rings (SSSR count). The van der Waals surface area contributed by atoms with Gasteiger partial charge < -0.3 is 16.0 Å². The lowest BCUT2D eigenvalue weighted by Gasteiger charge is -2.15. The van der Waals surface area contributed by atoms with Gasteiger partial charge in [-0.2, -0.15) is 0 Å². The van der Waals surface area contributed by atoms with E-state index < -0.39 is 0 Å². The molecule has 0 saturated carbocycles. The number of hydrogen-bond donors (Lipinski definition) is 3. The SMILES string of the molecule is CC(C)c1ncc2c(n1)NC(=O)CS2.Cc1ccc2c(n1)NC(=O)CC2.Cc1cnc2c(c1)NC(=O)CS2. The normalized spacial score (nSPS) is 15.2. The molecule has 38 heavy (non-hydrogen) atoms. The lowest BCUT2D eigenvalue weighted by molar-refractivity contribution is -0.116. The quantitative estimate of drug-likeness (QED) is 0.403. The van der Waals surface area contributed by atoms with E-state index in [1.807, 2.05) is 52.1 Å². The molecule has 0 fully saturated rings. The third-order valence-corrected chi connectivity index (χ3v) is 7.53. The number of hydrogen-bond acceptors (Lipinski definition) is 9. The van der Waals surface area contributed by atoms with Crippen molar-refractivity contribution in [2.24, 2.45) is 0 Å². The largest absolute Gasteiger partial charge is 0.323 e.